The van der Waals surface area contributed by atoms with E-state index in [0.717, 1.165) is 42.1 Å². The van der Waals surface area contributed by atoms with E-state index >= 15 is 0 Å². The van der Waals surface area contributed by atoms with Crippen molar-refractivity contribution in [3.8, 4) is 0 Å². The van der Waals surface area contributed by atoms with E-state index in [1.807, 2.05) is 0 Å². The maximum Gasteiger partial charge on any atom is 0.224 e. The van der Waals surface area contributed by atoms with Gasteiger partial charge in [-0.25, -0.2) is 9.97 Å². The molecule has 4 saturated carbocycles. The summed E-state index contributed by atoms with van der Waals surface area (Å²) in [5.74, 6) is 3.77. The number of anilines is 1. The molecule has 3 nitrogen and oxygen atoms in total. The van der Waals surface area contributed by atoms with E-state index in [1.54, 1.807) is 0 Å². The van der Waals surface area contributed by atoms with Gasteiger partial charge in [0.25, 0.3) is 0 Å². The summed E-state index contributed by atoms with van der Waals surface area (Å²) in [6.07, 6.45) is 10.4. The summed E-state index contributed by atoms with van der Waals surface area (Å²) in [5, 5.41) is 4.17. The van der Waals surface area contributed by atoms with E-state index in [0.29, 0.717) is 5.28 Å². The van der Waals surface area contributed by atoms with Crippen LogP contribution in [0.25, 0.3) is 0 Å². The third-order valence-electron chi connectivity index (χ3n) is 5.69. The second-order valence-electron chi connectivity index (χ2n) is 7.59. The van der Waals surface area contributed by atoms with Crippen molar-refractivity contribution in [2.75, 3.05) is 5.32 Å². The lowest BCUT2D eigenvalue weighted by Crippen LogP contribution is -2.54. The average Bonchev–Trinajstić information content (AvgIpc) is 2.35. The van der Waals surface area contributed by atoms with Crippen LogP contribution in [0.15, 0.2) is 6.07 Å². The smallest absolute Gasteiger partial charge is 0.224 e. The van der Waals surface area contributed by atoms with Gasteiger partial charge in [0.2, 0.25) is 5.28 Å². The van der Waals surface area contributed by atoms with E-state index in [1.165, 1.54) is 38.5 Å². The predicted octanol–water partition coefficient (Wildman–Crippen LogP) is 4.46. The molecule has 0 aromatic carbocycles. The van der Waals surface area contributed by atoms with Gasteiger partial charge in [0.15, 0.2) is 0 Å². The van der Waals surface area contributed by atoms with Gasteiger partial charge in [-0.3, -0.25) is 0 Å². The quantitative estimate of drug-likeness (QED) is 0.834. The van der Waals surface area contributed by atoms with Crippen LogP contribution >= 0.6 is 11.6 Å². The monoisotopic (exact) mass is 305 g/mol. The largest absolute Gasteiger partial charge is 0.364 e. The molecule has 1 aromatic heterocycles. The molecule has 1 aromatic rings. The Bertz CT molecular complexity index is 508. The fourth-order valence-electron chi connectivity index (χ4n) is 5.45. The summed E-state index contributed by atoms with van der Waals surface area (Å²) < 4.78 is 0. The highest BCUT2D eigenvalue weighted by Gasteiger charge is 2.51. The lowest BCUT2D eigenvalue weighted by molar-refractivity contribution is 0.0105. The molecule has 4 heteroatoms. The number of hydrogen-bond donors (Lipinski definition) is 1. The lowest BCUT2D eigenvalue weighted by atomic mass is 9.53. The molecule has 0 radical (unpaired) electrons. The Balaban J connectivity index is 1.58. The van der Waals surface area contributed by atoms with E-state index < -0.39 is 0 Å². The van der Waals surface area contributed by atoms with Crippen molar-refractivity contribution in [2.45, 2.75) is 63.8 Å². The van der Waals surface area contributed by atoms with Crippen LogP contribution in [0.2, 0.25) is 5.28 Å². The van der Waals surface area contributed by atoms with Crippen molar-refractivity contribution in [2.24, 2.45) is 17.8 Å². The molecule has 0 spiro atoms. The first-order valence-corrected chi connectivity index (χ1v) is 8.83. The van der Waals surface area contributed by atoms with Gasteiger partial charge >= 0.3 is 0 Å². The fraction of sp³-hybridized carbons (Fsp3) is 0.765. The minimum absolute atomic E-state index is 0.288. The molecule has 0 atom stereocenters. The molecule has 1 N–H and O–H groups in total. The van der Waals surface area contributed by atoms with Crippen LogP contribution in [0.3, 0.4) is 0 Å². The minimum atomic E-state index is 0.288. The van der Waals surface area contributed by atoms with E-state index in [-0.39, 0.29) is 5.54 Å². The van der Waals surface area contributed by atoms with E-state index in [2.05, 4.69) is 28.3 Å². The first-order chi connectivity index (χ1) is 10.1. The van der Waals surface area contributed by atoms with Crippen LogP contribution < -0.4 is 5.32 Å². The Hall–Kier alpha value is -0.830. The summed E-state index contributed by atoms with van der Waals surface area (Å²) in [7, 11) is 0. The highest BCUT2D eigenvalue weighted by Crippen LogP contribution is 2.56. The number of hydrogen-bond acceptors (Lipinski definition) is 3. The molecular formula is C17H24ClN3. The van der Waals surface area contributed by atoms with E-state index in [4.69, 9.17) is 11.6 Å². The topological polar surface area (TPSA) is 37.8 Å². The first kappa shape index (κ1) is 13.8. The summed E-state index contributed by atoms with van der Waals surface area (Å²) in [6, 6.07) is 2.11. The van der Waals surface area contributed by atoms with Gasteiger partial charge in [-0.1, -0.05) is 13.3 Å². The molecule has 4 bridgehead atoms. The number of rotatable bonds is 4. The number of halogens is 1. The normalized spacial score (nSPS) is 37.0. The second kappa shape index (κ2) is 5.12. The molecule has 1 heterocycles. The molecule has 4 fully saturated rings. The molecule has 0 saturated heterocycles. The van der Waals surface area contributed by atoms with Crippen molar-refractivity contribution in [1.82, 2.24) is 9.97 Å². The van der Waals surface area contributed by atoms with E-state index in [9.17, 15) is 0 Å². The zero-order valence-corrected chi connectivity index (χ0v) is 13.5. The van der Waals surface area contributed by atoms with Crippen LogP contribution in [-0.4, -0.2) is 15.5 Å². The molecule has 0 aliphatic heterocycles. The van der Waals surface area contributed by atoms with Crippen LogP contribution in [0, 0.1) is 17.8 Å². The summed E-state index contributed by atoms with van der Waals surface area (Å²) in [4.78, 5) is 8.77. The van der Waals surface area contributed by atoms with Gasteiger partial charge < -0.3 is 5.32 Å². The number of nitrogens with zero attached hydrogens (tertiary/aromatic N) is 2. The molecule has 5 rings (SSSR count). The Morgan fingerprint density at radius 2 is 1.76 bits per heavy atom. The molecule has 4 aliphatic carbocycles. The van der Waals surface area contributed by atoms with Crippen LogP contribution in [-0.2, 0) is 6.42 Å². The third kappa shape index (κ3) is 2.65. The maximum absolute atomic E-state index is 6.11. The second-order valence-corrected chi connectivity index (χ2v) is 7.92. The Morgan fingerprint density at radius 3 is 2.33 bits per heavy atom. The molecule has 114 valence electrons. The molecule has 21 heavy (non-hydrogen) atoms. The van der Waals surface area contributed by atoms with Gasteiger partial charge in [-0.15, -0.1) is 0 Å². The first-order valence-electron chi connectivity index (χ1n) is 8.46. The van der Waals surface area contributed by atoms with Gasteiger partial charge in [0.05, 0.1) is 0 Å². The van der Waals surface area contributed by atoms with Crippen molar-refractivity contribution < 1.29 is 0 Å². The fourth-order valence-corrected chi connectivity index (χ4v) is 5.65. The van der Waals surface area contributed by atoms with Gasteiger partial charge in [-0.2, -0.15) is 0 Å². The average molecular weight is 306 g/mol. The summed E-state index contributed by atoms with van der Waals surface area (Å²) in [5.41, 5.74) is 1.35. The summed E-state index contributed by atoms with van der Waals surface area (Å²) >= 11 is 6.11. The number of aryl methyl sites for hydroxylation is 1. The van der Waals surface area contributed by atoms with Crippen molar-refractivity contribution in [1.29, 1.82) is 0 Å². The Kier molecular flexibility index (Phi) is 3.36. The Morgan fingerprint density at radius 1 is 1.14 bits per heavy atom. The predicted molar refractivity (Wildman–Crippen MR) is 85.6 cm³/mol. The van der Waals surface area contributed by atoms with Crippen molar-refractivity contribution in [3.63, 3.8) is 0 Å². The third-order valence-corrected chi connectivity index (χ3v) is 5.86. The van der Waals surface area contributed by atoms with Crippen molar-refractivity contribution >= 4 is 17.4 Å². The van der Waals surface area contributed by atoms with Gasteiger partial charge in [0, 0.05) is 17.3 Å². The van der Waals surface area contributed by atoms with Crippen LogP contribution in [0.5, 0.6) is 0 Å². The SMILES string of the molecule is CCCc1cc(NC23CC4CC(CC(C4)C2)C3)nc(Cl)n1. The van der Waals surface area contributed by atoms with Crippen molar-refractivity contribution in [3.05, 3.63) is 17.0 Å². The summed E-state index contributed by atoms with van der Waals surface area (Å²) in [6.45, 7) is 2.17. The lowest BCUT2D eigenvalue weighted by Gasteiger charge is -2.57. The highest BCUT2D eigenvalue weighted by molar-refractivity contribution is 6.28. The van der Waals surface area contributed by atoms with Gasteiger partial charge in [-0.05, 0) is 74.3 Å². The molecule has 0 amide bonds. The van der Waals surface area contributed by atoms with Crippen LogP contribution in [0.1, 0.15) is 57.6 Å². The Labute approximate surface area is 131 Å². The zero-order valence-electron chi connectivity index (χ0n) is 12.7. The molecular weight excluding hydrogens is 282 g/mol. The highest BCUT2D eigenvalue weighted by atomic mass is 35.5. The van der Waals surface area contributed by atoms with Crippen LogP contribution in [0.4, 0.5) is 5.82 Å². The number of aromatic nitrogens is 2. The molecule has 4 aliphatic rings. The standard InChI is InChI=1S/C17H24ClN3/c1-2-3-14-7-15(20-16(18)19-14)21-17-8-11-4-12(9-17)6-13(5-11)10-17/h7,11-13H,2-6,8-10H2,1H3,(H,19,20,21). The number of nitrogens with one attached hydrogen (secondary N) is 1. The maximum atomic E-state index is 6.11. The molecule has 0 unspecified atom stereocenters. The minimum Gasteiger partial charge on any atom is -0.364 e. The van der Waals surface area contributed by atoms with Gasteiger partial charge in [0.1, 0.15) is 5.82 Å². The zero-order chi connectivity index (χ0) is 14.4.